The van der Waals surface area contributed by atoms with Crippen LogP contribution in [0.3, 0.4) is 0 Å². The van der Waals surface area contributed by atoms with Crippen molar-refractivity contribution in [3.05, 3.63) is 40.5 Å². The molecule has 0 radical (unpaired) electrons. The van der Waals surface area contributed by atoms with Crippen molar-refractivity contribution in [3.8, 4) is 5.75 Å². The van der Waals surface area contributed by atoms with E-state index >= 15 is 0 Å². The molecule has 0 aliphatic carbocycles. The van der Waals surface area contributed by atoms with Crippen molar-refractivity contribution < 1.29 is 23.5 Å². The third-order valence-electron chi connectivity index (χ3n) is 2.21. The summed E-state index contributed by atoms with van der Waals surface area (Å²) in [5, 5.41) is 0. The summed E-state index contributed by atoms with van der Waals surface area (Å²) in [6.07, 6.45) is 0.404. The molecule has 108 valence electrons. The molecule has 1 aromatic rings. The fourth-order valence-corrected chi connectivity index (χ4v) is 1.32. The van der Waals surface area contributed by atoms with Gasteiger partial charge >= 0.3 is 17.6 Å². The summed E-state index contributed by atoms with van der Waals surface area (Å²) < 4.78 is 14.5. The Labute approximate surface area is 116 Å². The maximum atomic E-state index is 11.5. The van der Waals surface area contributed by atoms with E-state index in [1.54, 1.807) is 13.8 Å². The maximum Gasteiger partial charge on any atom is 0.339 e. The maximum absolute atomic E-state index is 11.5. The first-order valence-corrected chi connectivity index (χ1v) is 6.03. The number of aryl methyl sites for hydroxylation is 1. The van der Waals surface area contributed by atoms with E-state index in [4.69, 9.17) is 13.9 Å². The number of hydrogen-bond donors (Lipinski definition) is 0. The largest absolute Gasteiger partial charge is 0.462 e. The number of ether oxygens (including phenoxy) is 2. The molecule has 0 spiro atoms. The van der Waals surface area contributed by atoms with Gasteiger partial charge in [-0.25, -0.2) is 9.59 Å². The highest BCUT2D eigenvalue weighted by Gasteiger charge is 2.08. The third-order valence-corrected chi connectivity index (χ3v) is 2.21. The molecule has 1 rings (SSSR count). The summed E-state index contributed by atoms with van der Waals surface area (Å²) in [4.78, 5) is 33.6. The van der Waals surface area contributed by atoms with Crippen LogP contribution in [0.25, 0.3) is 0 Å². The van der Waals surface area contributed by atoms with Gasteiger partial charge < -0.3 is 13.9 Å². The highest BCUT2D eigenvalue weighted by molar-refractivity contribution is 5.86. The van der Waals surface area contributed by atoms with Crippen LogP contribution < -0.4 is 10.4 Å². The van der Waals surface area contributed by atoms with E-state index in [0.29, 0.717) is 17.8 Å². The van der Waals surface area contributed by atoms with Crippen LogP contribution in [-0.4, -0.2) is 18.5 Å². The van der Waals surface area contributed by atoms with E-state index in [1.807, 2.05) is 0 Å². The Morgan fingerprint density at radius 3 is 2.65 bits per heavy atom. The first-order valence-electron chi connectivity index (χ1n) is 6.03. The molecule has 0 aromatic carbocycles. The van der Waals surface area contributed by atoms with E-state index in [1.165, 1.54) is 6.07 Å². The molecule has 0 aliphatic rings. The molecule has 0 saturated heterocycles. The molecule has 20 heavy (non-hydrogen) atoms. The van der Waals surface area contributed by atoms with E-state index in [2.05, 4.69) is 6.58 Å². The summed E-state index contributed by atoms with van der Waals surface area (Å²) in [5.41, 5.74) is -0.276. The van der Waals surface area contributed by atoms with Crippen molar-refractivity contribution in [3.63, 3.8) is 0 Å². The van der Waals surface area contributed by atoms with Crippen LogP contribution in [0, 0.1) is 6.92 Å². The Balaban J connectivity index is 2.35. The van der Waals surface area contributed by atoms with Gasteiger partial charge in [-0.1, -0.05) is 6.58 Å². The average molecular weight is 280 g/mol. The fourth-order valence-electron chi connectivity index (χ4n) is 1.32. The minimum atomic E-state index is -0.580. The first-order chi connectivity index (χ1) is 9.38. The Kier molecular flexibility index (Phi) is 5.71. The molecular weight excluding hydrogens is 264 g/mol. The number of esters is 2. The highest BCUT2D eigenvalue weighted by atomic mass is 16.5. The van der Waals surface area contributed by atoms with Crippen molar-refractivity contribution in [2.24, 2.45) is 0 Å². The van der Waals surface area contributed by atoms with Gasteiger partial charge in [0.1, 0.15) is 11.5 Å². The van der Waals surface area contributed by atoms with Gasteiger partial charge in [-0.05, 0) is 20.3 Å². The molecule has 6 nitrogen and oxygen atoms in total. The van der Waals surface area contributed by atoms with Crippen LogP contribution in [0.4, 0.5) is 0 Å². The third kappa shape index (κ3) is 5.51. The Morgan fingerprint density at radius 1 is 1.35 bits per heavy atom. The summed E-state index contributed by atoms with van der Waals surface area (Å²) in [6.45, 7) is 6.67. The zero-order chi connectivity index (χ0) is 15.1. The van der Waals surface area contributed by atoms with Crippen LogP contribution in [0.2, 0.25) is 0 Å². The van der Waals surface area contributed by atoms with Crippen LogP contribution in [-0.2, 0) is 14.3 Å². The Morgan fingerprint density at radius 2 is 2.05 bits per heavy atom. The quantitative estimate of drug-likeness (QED) is 0.448. The molecule has 0 bridgehead atoms. The van der Waals surface area contributed by atoms with Crippen LogP contribution in [0.5, 0.6) is 5.75 Å². The van der Waals surface area contributed by atoms with E-state index < -0.39 is 17.6 Å². The number of hydrogen-bond acceptors (Lipinski definition) is 6. The van der Waals surface area contributed by atoms with E-state index in [9.17, 15) is 14.4 Å². The molecule has 1 heterocycles. The topological polar surface area (TPSA) is 82.8 Å². The SMILES string of the molecule is C=C(C)C(=O)OCCCC(=O)Oc1cc(C)oc(=O)c1. The normalized spacial score (nSPS) is 9.90. The highest BCUT2D eigenvalue weighted by Crippen LogP contribution is 2.10. The molecule has 0 saturated carbocycles. The van der Waals surface area contributed by atoms with Crippen LogP contribution in [0.15, 0.2) is 33.5 Å². The van der Waals surface area contributed by atoms with Crippen molar-refractivity contribution in [2.75, 3.05) is 6.61 Å². The van der Waals surface area contributed by atoms with Crippen molar-refractivity contribution >= 4 is 11.9 Å². The van der Waals surface area contributed by atoms with Gasteiger partial charge in [0.05, 0.1) is 12.7 Å². The summed E-state index contributed by atoms with van der Waals surface area (Å²) >= 11 is 0. The lowest BCUT2D eigenvalue weighted by molar-refractivity contribution is -0.141. The lowest BCUT2D eigenvalue weighted by Crippen LogP contribution is -2.12. The second kappa shape index (κ2) is 7.28. The molecule has 0 N–H and O–H groups in total. The Bertz CT molecular complexity index is 569. The standard InChI is InChI=1S/C14H16O6/c1-9(2)14(17)18-6-4-5-12(15)20-11-7-10(3)19-13(16)8-11/h7-8H,1,4-6H2,2-3H3. The smallest absolute Gasteiger partial charge is 0.339 e. The van der Waals surface area contributed by atoms with Crippen LogP contribution in [0.1, 0.15) is 25.5 Å². The number of carbonyl (C=O) groups is 2. The number of carbonyl (C=O) groups excluding carboxylic acids is 2. The van der Waals surface area contributed by atoms with Gasteiger partial charge in [0, 0.05) is 18.1 Å². The molecule has 6 heteroatoms. The van der Waals surface area contributed by atoms with Crippen LogP contribution >= 0.6 is 0 Å². The molecule has 0 aliphatic heterocycles. The number of rotatable bonds is 6. The molecule has 0 unspecified atom stereocenters. The predicted octanol–water partition coefficient (Wildman–Crippen LogP) is 1.75. The molecule has 0 atom stereocenters. The Hall–Kier alpha value is -2.37. The monoisotopic (exact) mass is 280 g/mol. The van der Waals surface area contributed by atoms with Gasteiger partial charge in [-0.2, -0.15) is 0 Å². The van der Waals surface area contributed by atoms with Gasteiger partial charge in [0.25, 0.3) is 0 Å². The molecular formula is C14H16O6. The predicted molar refractivity (Wildman–Crippen MR) is 70.4 cm³/mol. The minimum Gasteiger partial charge on any atom is -0.462 e. The van der Waals surface area contributed by atoms with Gasteiger partial charge in [0.2, 0.25) is 0 Å². The molecule has 0 fully saturated rings. The molecule has 0 amide bonds. The van der Waals surface area contributed by atoms with Gasteiger partial charge in [-0.15, -0.1) is 0 Å². The zero-order valence-corrected chi connectivity index (χ0v) is 11.4. The van der Waals surface area contributed by atoms with Crippen molar-refractivity contribution in [2.45, 2.75) is 26.7 Å². The summed E-state index contributed by atoms with van der Waals surface area (Å²) in [5.74, 6) is -0.505. The fraction of sp³-hybridized carbons (Fsp3) is 0.357. The van der Waals surface area contributed by atoms with Gasteiger partial charge in [0.15, 0.2) is 0 Å². The summed E-state index contributed by atoms with van der Waals surface area (Å²) in [7, 11) is 0. The zero-order valence-electron chi connectivity index (χ0n) is 11.4. The van der Waals surface area contributed by atoms with E-state index in [0.717, 1.165) is 6.07 Å². The second-order valence-corrected chi connectivity index (χ2v) is 4.22. The lowest BCUT2D eigenvalue weighted by Gasteiger charge is -2.05. The van der Waals surface area contributed by atoms with Crippen molar-refractivity contribution in [1.82, 2.24) is 0 Å². The average Bonchev–Trinajstić information content (AvgIpc) is 2.32. The van der Waals surface area contributed by atoms with Crippen molar-refractivity contribution in [1.29, 1.82) is 0 Å². The van der Waals surface area contributed by atoms with Gasteiger partial charge in [-0.3, -0.25) is 4.79 Å². The minimum absolute atomic E-state index is 0.0722. The van der Waals surface area contributed by atoms with E-state index in [-0.39, 0.29) is 18.8 Å². The lowest BCUT2D eigenvalue weighted by atomic mass is 10.3. The first kappa shape index (κ1) is 15.7. The second-order valence-electron chi connectivity index (χ2n) is 4.22. The molecule has 1 aromatic heterocycles. The summed E-state index contributed by atoms with van der Waals surface area (Å²) in [6, 6.07) is 2.53.